The van der Waals surface area contributed by atoms with E-state index in [1.54, 1.807) is 4.57 Å². The van der Waals surface area contributed by atoms with Crippen molar-refractivity contribution < 1.29 is 0 Å². The van der Waals surface area contributed by atoms with Gasteiger partial charge < -0.3 is 4.57 Å². The Morgan fingerprint density at radius 2 is 1.60 bits per heavy atom. The SMILES string of the molecule is CCCCn1c(=O)[nH]c(=O)c2c1nc(CN1CCN(Cc3cccc4ccccc34)CC1)n2CC. The lowest BCUT2D eigenvalue weighted by Gasteiger charge is -2.34. The molecular weight excluding hydrogens is 440 g/mol. The van der Waals surface area contributed by atoms with Gasteiger partial charge in [-0.1, -0.05) is 55.8 Å². The third-order valence-corrected chi connectivity index (χ3v) is 7.12. The van der Waals surface area contributed by atoms with Crippen molar-refractivity contribution in [3.63, 3.8) is 0 Å². The van der Waals surface area contributed by atoms with Crippen LogP contribution < -0.4 is 11.2 Å². The molecule has 5 rings (SSSR count). The number of hydrogen-bond acceptors (Lipinski definition) is 5. The maximum Gasteiger partial charge on any atom is 0.330 e. The molecule has 2 aromatic heterocycles. The lowest BCUT2D eigenvalue weighted by Crippen LogP contribution is -2.45. The van der Waals surface area contributed by atoms with Crippen LogP contribution in [0.2, 0.25) is 0 Å². The summed E-state index contributed by atoms with van der Waals surface area (Å²) in [6, 6.07) is 15.1. The van der Waals surface area contributed by atoms with Gasteiger partial charge in [-0.3, -0.25) is 24.1 Å². The highest BCUT2D eigenvalue weighted by atomic mass is 16.2. The maximum absolute atomic E-state index is 12.7. The zero-order chi connectivity index (χ0) is 24.4. The third-order valence-electron chi connectivity index (χ3n) is 7.12. The molecule has 0 spiro atoms. The number of fused-ring (bicyclic) bond motifs is 2. The lowest BCUT2D eigenvalue weighted by atomic mass is 10.0. The second kappa shape index (κ2) is 10.2. The van der Waals surface area contributed by atoms with Gasteiger partial charge in [0.05, 0.1) is 6.54 Å². The van der Waals surface area contributed by atoms with E-state index in [0.29, 0.717) is 30.8 Å². The van der Waals surface area contributed by atoms with Crippen molar-refractivity contribution in [2.45, 2.75) is 52.9 Å². The maximum atomic E-state index is 12.7. The van der Waals surface area contributed by atoms with Gasteiger partial charge in [0.15, 0.2) is 11.2 Å². The summed E-state index contributed by atoms with van der Waals surface area (Å²) in [7, 11) is 0. The second-order valence-corrected chi connectivity index (χ2v) is 9.40. The third kappa shape index (κ3) is 4.68. The van der Waals surface area contributed by atoms with Gasteiger partial charge in [-0.15, -0.1) is 0 Å². The van der Waals surface area contributed by atoms with Crippen LogP contribution in [0.15, 0.2) is 52.1 Å². The fourth-order valence-electron chi connectivity index (χ4n) is 5.18. The number of rotatable bonds is 8. The number of hydrogen-bond donors (Lipinski definition) is 1. The van der Waals surface area contributed by atoms with Crippen molar-refractivity contribution in [2.24, 2.45) is 0 Å². The number of H-pyrrole nitrogens is 1. The number of unbranched alkanes of at least 4 members (excludes halogenated alkanes) is 1. The van der Waals surface area contributed by atoms with E-state index in [0.717, 1.165) is 51.4 Å². The summed E-state index contributed by atoms with van der Waals surface area (Å²) in [5.41, 5.74) is 1.67. The highest BCUT2D eigenvalue weighted by molar-refractivity contribution is 5.85. The lowest BCUT2D eigenvalue weighted by molar-refractivity contribution is 0.119. The van der Waals surface area contributed by atoms with Crippen LogP contribution in [-0.4, -0.2) is 55.1 Å². The Balaban J connectivity index is 1.32. The van der Waals surface area contributed by atoms with Gasteiger partial charge in [0.2, 0.25) is 0 Å². The minimum absolute atomic E-state index is 0.349. The van der Waals surface area contributed by atoms with E-state index in [-0.39, 0.29) is 11.2 Å². The number of aromatic nitrogens is 4. The number of aromatic amines is 1. The first-order valence-electron chi connectivity index (χ1n) is 12.7. The van der Waals surface area contributed by atoms with E-state index >= 15 is 0 Å². The fourth-order valence-corrected chi connectivity index (χ4v) is 5.18. The number of imidazole rings is 1. The van der Waals surface area contributed by atoms with Crippen molar-refractivity contribution in [3.05, 3.63) is 74.7 Å². The Kier molecular flexibility index (Phi) is 6.83. The summed E-state index contributed by atoms with van der Waals surface area (Å²) in [6.45, 7) is 10.8. The molecule has 8 nitrogen and oxygen atoms in total. The highest BCUT2D eigenvalue weighted by Gasteiger charge is 2.22. The van der Waals surface area contributed by atoms with Crippen molar-refractivity contribution in [3.8, 4) is 0 Å². The van der Waals surface area contributed by atoms with Crippen LogP contribution in [0.25, 0.3) is 21.9 Å². The van der Waals surface area contributed by atoms with Crippen LogP contribution in [0.3, 0.4) is 0 Å². The van der Waals surface area contributed by atoms with Crippen LogP contribution in [0.5, 0.6) is 0 Å². The number of aryl methyl sites for hydroxylation is 2. The average molecular weight is 475 g/mol. The monoisotopic (exact) mass is 474 g/mol. The molecule has 0 saturated carbocycles. The van der Waals surface area contributed by atoms with Gasteiger partial charge in [0, 0.05) is 45.8 Å². The molecule has 0 aliphatic carbocycles. The minimum atomic E-state index is -0.370. The van der Waals surface area contributed by atoms with Gasteiger partial charge >= 0.3 is 5.69 Å². The molecule has 0 bridgehead atoms. The largest absolute Gasteiger partial charge is 0.330 e. The average Bonchev–Trinajstić information content (AvgIpc) is 3.23. The predicted octanol–water partition coefficient (Wildman–Crippen LogP) is 3.18. The van der Waals surface area contributed by atoms with E-state index in [1.165, 1.54) is 16.3 Å². The van der Waals surface area contributed by atoms with Crippen LogP contribution in [0, 0.1) is 0 Å². The first kappa shape index (κ1) is 23.5. The van der Waals surface area contributed by atoms with Gasteiger partial charge in [-0.2, -0.15) is 0 Å². The van der Waals surface area contributed by atoms with E-state index in [4.69, 9.17) is 4.98 Å². The summed E-state index contributed by atoms with van der Waals surface area (Å²) in [5.74, 6) is 0.853. The van der Waals surface area contributed by atoms with Crippen LogP contribution in [0.4, 0.5) is 0 Å². The molecule has 0 unspecified atom stereocenters. The molecule has 1 aliphatic rings. The van der Waals surface area contributed by atoms with Crippen molar-refractivity contribution in [1.29, 1.82) is 0 Å². The molecule has 0 amide bonds. The van der Waals surface area contributed by atoms with Gasteiger partial charge in [0.1, 0.15) is 5.82 Å². The van der Waals surface area contributed by atoms with Crippen molar-refractivity contribution >= 4 is 21.9 Å². The van der Waals surface area contributed by atoms with Gasteiger partial charge in [0.25, 0.3) is 5.56 Å². The number of piperazine rings is 1. The van der Waals surface area contributed by atoms with E-state index < -0.39 is 0 Å². The van der Waals surface area contributed by atoms with Crippen LogP contribution in [0.1, 0.15) is 38.1 Å². The molecule has 184 valence electrons. The molecule has 8 heteroatoms. The molecule has 0 atom stereocenters. The zero-order valence-corrected chi connectivity index (χ0v) is 20.7. The summed E-state index contributed by atoms with van der Waals surface area (Å²) < 4.78 is 3.59. The number of nitrogens with one attached hydrogen (secondary N) is 1. The Morgan fingerprint density at radius 3 is 2.34 bits per heavy atom. The number of nitrogens with zero attached hydrogens (tertiary/aromatic N) is 5. The zero-order valence-electron chi connectivity index (χ0n) is 20.7. The first-order valence-corrected chi connectivity index (χ1v) is 12.7. The molecule has 1 saturated heterocycles. The normalized spacial score (nSPS) is 15.4. The molecule has 0 radical (unpaired) electrons. The first-order chi connectivity index (χ1) is 17.1. The molecule has 4 aromatic rings. The summed E-state index contributed by atoms with van der Waals surface area (Å²) in [5, 5.41) is 2.61. The van der Waals surface area contributed by atoms with Crippen LogP contribution >= 0.6 is 0 Å². The smallest absolute Gasteiger partial charge is 0.321 e. The van der Waals surface area contributed by atoms with E-state index in [1.807, 2.05) is 11.5 Å². The van der Waals surface area contributed by atoms with Gasteiger partial charge in [-0.05, 0) is 29.7 Å². The molecule has 3 heterocycles. The molecule has 2 aromatic carbocycles. The summed E-state index contributed by atoms with van der Waals surface area (Å²) >= 11 is 0. The predicted molar refractivity (Wildman–Crippen MR) is 140 cm³/mol. The molecule has 1 N–H and O–H groups in total. The quantitative estimate of drug-likeness (QED) is 0.424. The molecular formula is C27H34N6O2. The summed E-state index contributed by atoms with van der Waals surface area (Å²) in [4.78, 5) is 37.4. The standard InChI is InChI=1S/C27H34N6O2/c1-3-5-13-33-25-24(26(34)29-27(33)35)32(4-2)23(28-25)19-31-16-14-30(15-17-31)18-21-11-8-10-20-9-6-7-12-22(20)21/h6-12H,3-5,13-19H2,1-2H3,(H,29,34,35). The minimum Gasteiger partial charge on any atom is -0.321 e. The van der Waals surface area contributed by atoms with Gasteiger partial charge in [-0.25, -0.2) is 9.78 Å². The highest BCUT2D eigenvalue weighted by Crippen LogP contribution is 2.21. The van der Waals surface area contributed by atoms with Crippen molar-refractivity contribution in [1.82, 2.24) is 28.9 Å². The van der Waals surface area contributed by atoms with E-state index in [2.05, 4.69) is 64.2 Å². The molecule has 1 aliphatic heterocycles. The Hall–Kier alpha value is -3.23. The van der Waals surface area contributed by atoms with E-state index in [9.17, 15) is 9.59 Å². The number of benzene rings is 2. The fraction of sp³-hybridized carbons (Fsp3) is 0.444. The topological polar surface area (TPSA) is 79.2 Å². The van der Waals surface area contributed by atoms with Crippen LogP contribution in [-0.2, 0) is 26.2 Å². The van der Waals surface area contributed by atoms with Crippen molar-refractivity contribution in [2.75, 3.05) is 26.2 Å². The molecule has 1 fully saturated rings. The molecule has 35 heavy (non-hydrogen) atoms. The Labute approximate surface area is 204 Å². The Bertz CT molecular complexity index is 1440. The summed E-state index contributed by atoms with van der Waals surface area (Å²) in [6.07, 6.45) is 1.84. The Morgan fingerprint density at radius 1 is 0.886 bits per heavy atom. The second-order valence-electron chi connectivity index (χ2n) is 9.40.